The summed E-state index contributed by atoms with van der Waals surface area (Å²) >= 11 is 0. The maximum absolute atomic E-state index is 3.07. The third-order valence-electron chi connectivity index (χ3n) is 1.84. The molecule has 0 aromatic heterocycles. The second-order valence-corrected chi connectivity index (χ2v) is 2.82. The minimum atomic E-state index is 1.03. The van der Waals surface area contributed by atoms with E-state index in [0.717, 1.165) is 11.1 Å². The maximum atomic E-state index is 3.07. The Balaban J connectivity index is 2.58. The topological polar surface area (TPSA) is 0 Å². The van der Waals surface area contributed by atoms with Crippen LogP contribution in [-0.4, -0.2) is 0 Å². The van der Waals surface area contributed by atoms with Gasteiger partial charge in [-0.1, -0.05) is 48.5 Å². The highest BCUT2D eigenvalue weighted by atomic mass is 14.0. The Bertz CT molecular complexity index is 392. The van der Waals surface area contributed by atoms with Crippen molar-refractivity contribution in [3.63, 3.8) is 0 Å². The third kappa shape index (κ3) is 1.94. The zero-order chi connectivity index (χ0) is 9.64. The number of fused-ring (bicyclic) bond motifs is 1. The first kappa shape index (κ1) is 8.42. The Morgan fingerprint density at radius 2 is 1.64 bits per heavy atom. The fourth-order valence-corrected chi connectivity index (χ4v) is 1.17. The Labute approximate surface area is 84.5 Å². The molecule has 0 atom stereocenters. The van der Waals surface area contributed by atoms with Crippen molar-refractivity contribution in [2.24, 2.45) is 0 Å². The van der Waals surface area contributed by atoms with Gasteiger partial charge in [-0.25, -0.2) is 0 Å². The van der Waals surface area contributed by atoms with Crippen molar-refractivity contribution < 1.29 is 0 Å². The van der Waals surface area contributed by atoms with Crippen LogP contribution in [0.4, 0.5) is 0 Å². The van der Waals surface area contributed by atoms with Gasteiger partial charge in [-0.3, -0.25) is 0 Å². The van der Waals surface area contributed by atoms with Gasteiger partial charge in [0.15, 0.2) is 0 Å². The molecular formula is C14H8. The Hall–Kier alpha value is -2.18. The summed E-state index contributed by atoms with van der Waals surface area (Å²) in [7, 11) is 0. The van der Waals surface area contributed by atoms with Crippen LogP contribution in [0.3, 0.4) is 0 Å². The summed E-state index contributed by atoms with van der Waals surface area (Å²) in [5.74, 6) is 0. The van der Waals surface area contributed by atoms with Crippen LogP contribution in [0.25, 0.3) is 11.1 Å². The summed E-state index contributed by atoms with van der Waals surface area (Å²) in [6.07, 6.45) is 0. The van der Waals surface area contributed by atoms with Gasteiger partial charge >= 0.3 is 0 Å². The average molecular weight is 176 g/mol. The highest BCUT2D eigenvalue weighted by Gasteiger charge is 1.93. The van der Waals surface area contributed by atoms with Crippen LogP contribution in [0.5, 0.6) is 0 Å². The molecule has 0 nitrogen and oxygen atoms in total. The SMILES string of the molecule is c1ccccc#cc2cccc-2cc#1. The quantitative estimate of drug-likeness (QED) is 0.578. The first-order valence-electron chi connectivity index (χ1n) is 4.40. The lowest BCUT2D eigenvalue weighted by atomic mass is 10.2. The molecule has 2 rings (SSSR count). The zero-order valence-corrected chi connectivity index (χ0v) is 7.62. The summed E-state index contributed by atoms with van der Waals surface area (Å²) in [5, 5.41) is 0. The van der Waals surface area contributed by atoms with Crippen molar-refractivity contribution >= 4 is 0 Å². The average Bonchev–Trinajstić information content (AvgIpc) is 2.61. The van der Waals surface area contributed by atoms with E-state index >= 15 is 0 Å². The molecular weight excluding hydrogens is 168 g/mol. The van der Waals surface area contributed by atoms with Gasteiger partial charge in [0.2, 0.25) is 0 Å². The Kier molecular flexibility index (Phi) is 2.51. The third-order valence-corrected chi connectivity index (χ3v) is 1.84. The predicted octanol–water partition coefficient (Wildman–Crippen LogP) is 3.12. The standard InChI is InChI=1S/C14H8/c1-2-4-6-9-13-11-8-12-14(13)10-7-5-3-1/h1-4,8,10-12H. The fraction of sp³-hybridized carbons (Fsp3) is 0. The van der Waals surface area contributed by atoms with E-state index in [0.29, 0.717) is 0 Å². The van der Waals surface area contributed by atoms with Gasteiger partial charge in [0.05, 0.1) is 0 Å². The molecule has 0 bridgehead atoms. The van der Waals surface area contributed by atoms with Crippen molar-refractivity contribution in [1.29, 1.82) is 0 Å². The fourth-order valence-electron chi connectivity index (χ4n) is 1.17. The molecule has 0 amide bonds. The normalized spacial score (nSPS) is 8.29. The Morgan fingerprint density at radius 3 is 2.57 bits per heavy atom. The lowest BCUT2D eigenvalue weighted by Gasteiger charge is -1.82. The predicted molar refractivity (Wildman–Crippen MR) is 56.0 cm³/mol. The molecule has 2 aliphatic carbocycles. The molecule has 0 unspecified atom stereocenters. The van der Waals surface area contributed by atoms with Crippen molar-refractivity contribution in [1.82, 2.24) is 0 Å². The second-order valence-electron chi connectivity index (χ2n) is 2.82. The van der Waals surface area contributed by atoms with Crippen LogP contribution in [-0.2, 0) is 0 Å². The van der Waals surface area contributed by atoms with E-state index in [1.54, 1.807) is 0 Å². The lowest BCUT2D eigenvalue weighted by molar-refractivity contribution is 1.80. The van der Waals surface area contributed by atoms with E-state index in [-0.39, 0.29) is 0 Å². The van der Waals surface area contributed by atoms with Crippen LogP contribution < -0.4 is 0 Å². The summed E-state index contributed by atoms with van der Waals surface area (Å²) in [6, 6.07) is 27.2. The highest BCUT2D eigenvalue weighted by Crippen LogP contribution is 2.16. The van der Waals surface area contributed by atoms with E-state index in [4.69, 9.17) is 0 Å². The molecule has 0 saturated heterocycles. The van der Waals surface area contributed by atoms with Crippen LogP contribution >= 0.6 is 0 Å². The van der Waals surface area contributed by atoms with Crippen LogP contribution in [0.2, 0.25) is 0 Å². The molecule has 0 spiro atoms. The van der Waals surface area contributed by atoms with Crippen molar-refractivity contribution in [3.8, 4) is 11.1 Å². The molecule has 0 aliphatic heterocycles. The molecule has 0 aromatic carbocycles. The lowest BCUT2D eigenvalue weighted by Crippen LogP contribution is -1.60. The van der Waals surface area contributed by atoms with Gasteiger partial charge in [-0.2, -0.15) is 0 Å². The molecule has 0 heteroatoms. The summed E-state index contributed by atoms with van der Waals surface area (Å²) in [5.41, 5.74) is 2.12. The number of hydrogen-bond acceptors (Lipinski definition) is 0. The van der Waals surface area contributed by atoms with Crippen LogP contribution in [0.1, 0.15) is 0 Å². The molecule has 64 valence electrons. The number of rotatable bonds is 0. The number of hydrogen-bond donors (Lipinski definition) is 0. The van der Waals surface area contributed by atoms with E-state index in [1.807, 2.05) is 48.5 Å². The molecule has 0 N–H and O–H groups in total. The molecule has 0 heterocycles. The second kappa shape index (κ2) is 4.17. The van der Waals surface area contributed by atoms with Gasteiger partial charge in [0, 0.05) is 5.56 Å². The van der Waals surface area contributed by atoms with E-state index < -0.39 is 0 Å². The van der Waals surface area contributed by atoms with Gasteiger partial charge in [-0.15, -0.1) is 0 Å². The van der Waals surface area contributed by atoms with E-state index in [9.17, 15) is 0 Å². The Morgan fingerprint density at radius 1 is 0.786 bits per heavy atom. The summed E-state index contributed by atoms with van der Waals surface area (Å²) in [6.45, 7) is 0. The van der Waals surface area contributed by atoms with Gasteiger partial charge in [0.1, 0.15) is 0 Å². The van der Waals surface area contributed by atoms with Gasteiger partial charge < -0.3 is 0 Å². The molecule has 0 fully saturated rings. The van der Waals surface area contributed by atoms with E-state index in [1.165, 1.54) is 0 Å². The van der Waals surface area contributed by atoms with Crippen molar-refractivity contribution in [3.05, 3.63) is 72.8 Å². The largest absolute Gasteiger partial charge is 0.0702 e. The molecule has 0 aromatic rings. The molecule has 0 saturated carbocycles. The highest BCUT2D eigenvalue weighted by molar-refractivity contribution is 5.62. The molecule has 2 aliphatic rings. The monoisotopic (exact) mass is 176 g/mol. The maximum Gasteiger partial charge on any atom is 0.0327 e. The molecule has 0 radical (unpaired) electrons. The summed E-state index contributed by atoms with van der Waals surface area (Å²) in [4.78, 5) is 0. The first-order chi connectivity index (χ1) is 6.97. The van der Waals surface area contributed by atoms with Gasteiger partial charge in [-0.05, 0) is 29.8 Å². The smallest absolute Gasteiger partial charge is 0.0327 e. The van der Waals surface area contributed by atoms with Crippen LogP contribution in [0.15, 0.2) is 48.5 Å². The zero-order valence-electron chi connectivity index (χ0n) is 7.62. The van der Waals surface area contributed by atoms with Crippen molar-refractivity contribution in [2.75, 3.05) is 0 Å². The van der Waals surface area contributed by atoms with Gasteiger partial charge in [0.25, 0.3) is 0 Å². The minimum Gasteiger partial charge on any atom is -0.0702 e. The summed E-state index contributed by atoms with van der Waals surface area (Å²) < 4.78 is 0. The first-order valence-corrected chi connectivity index (χ1v) is 4.40. The van der Waals surface area contributed by atoms with E-state index in [2.05, 4.69) is 24.3 Å². The van der Waals surface area contributed by atoms with Crippen molar-refractivity contribution in [2.45, 2.75) is 0 Å². The minimum absolute atomic E-state index is 1.03. The van der Waals surface area contributed by atoms with Crippen LogP contribution in [0, 0.1) is 24.3 Å². The molecule has 14 heavy (non-hydrogen) atoms.